The van der Waals surface area contributed by atoms with Crippen molar-refractivity contribution in [3.05, 3.63) is 48.3 Å². The summed E-state index contributed by atoms with van der Waals surface area (Å²) < 4.78 is 56.1. The molecule has 0 amide bonds. The smallest absolute Gasteiger partial charge is 0.233 e. The Labute approximate surface area is 161 Å². The Balaban J connectivity index is 1.79. The van der Waals surface area contributed by atoms with Gasteiger partial charge in [-0.2, -0.15) is 4.98 Å². The van der Waals surface area contributed by atoms with Crippen LogP contribution in [-0.2, 0) is 9.84 Å². The Morgan fingerprint density at radius 3 is 2.50 bits per heavy atom. The summed E-state index contributed by atoms with van der Waals surface area (Å²) in [5.74, 6) is 0.541. The lowest BCUT2D eigenvalue weighted by Crippen LogP contribution is -2.16. The van der Waals surface area contributed by atoms with Crippen molar-refractivity contribution in [1.29, 1.82) is 0 Å². The summed E-state index contributed by atoms with van der Waals surface area (Å²) in [6, 6.07) is 9.84. The average Bonchev–Trinajstić information content (AvgIpc) is 3.13. The van der Waals surface area contributed by atoms with Crippen LogP contribution >= 0.6 is 0 Å². The van der Waals surface area contributed by atoms with Crippen molar-refractivity contribution < 1.29 is 26.7 Å². The van der Waals surface area contributed by atoms with Crippen LogP contribution in [0.1, 0.15) is 6.92 Å². The lowest BCUT2D eigenvalue weighted by atomic mass is 10.2. The molecule has 0 fully saturated rings. The van der Waals surface area contributed by atoms with E-state index in [2.05, 4.69) is 10.3 Å². The zero-order valence-corrected chi connectivity index (χ0v) is 15.8. The number of nitrogens with zero attached hydrogens (tertiary/aromatic N) is 1. The van der Waals surface area contributed by atoms with Gasteiger partial charge >= 0.3 is 0 Å². The summed E-state index contributed by atoms with van der Waals surface area (Å²) in [4.78, 5) is 4.19. The molecule has 1 aliphatic heterocycles. The Morgan fingerprint density at radius 1 is 1.07 bits per heavy atom. The first-order chi connectivity index (χ1) is 13.5. The number of halogens is 1. The van der Waals surface area contributed by atoms with Crippen LogP contribution < -0.4 is 14.8 Å². The lowest BCUT2D eigenvalue weighted by Gasteiger charge is -2.18. The van der Waals surface area contributed by atoms with E-state index in [9.17, 15) is 12.8 Å². The quantitative estimate of drug-likeness (QED) is 0.696. The zero-order chi connectivity index (χ0) is 19.7. The molecule has 9 heteroatoms. The number of rotatable bonds is 5. The second-order valence-electron chi connectivity index (χ2n) is 6.00. The molecule has 3 aromatic rings. The molecule has 2 aromatic carbocycles. The van der Waals surface area contributed by atoms with E-state index in [0.717, 1.165) is 0 Å². The van der Waals surface area contributed by atoms with E-state index in [-0.39, 0.29) is 21.7 Å². The minimum atomic E-state index is -4.00. The molecule has 0 saturated carbocycles. The first-order valence-corrected chi connectivity index (χ1v) is 10.1. The molecule has 0 radical (unpaired) electrons. The van der Waals surface area contributed by atoms with Gasteiger partial charge in [0.15, 0.2) is 11.5 Å². The van der Waals surface area contributed by atoms with Crippen LogP contribution in [0.4, 0.5) is 10.3 Å². The number of anilines is 1. The number of sulfone groups is 1. The van der Waals surface area contributed by atoms with Crippen LogP contribution in [0, 0.1) is 5.82 Å². The topological polar surface area (TPSA) is 90.7 Å². The van der Waals surface area contributed by atoms with Gasteiger partial charge in [0.1, 0.15) is 19.0 Å². The predicted octanol–water partition coefficient (Wildman–Crippen LogP) is 3.52. The number of nitrogens with one attached hydrogen (secondary N) is 1. The van der Waals surface area contributed by atoms with Gasteiger partial charge in [-0.1, -0.05) is 0 Å². The van der Waals surface area contributed by atoms with Crippen LogP contribution in [0.5, 0.6) is 11.5 Å². The summed E-state index contributed by atoms with van der Waals surface area (Å²) in [6.07, 6.45) is 0. The minimum Gasteiger partial charge on any atom is -0.486 e. The molecule has 2 heterocycles. The molecule has 28 heavy (non-hydrogen) atoms. The molecular formula is C19H17FN2O5S. The first-order valence-electron chi connectivity index (χ1n) is 8.64. The van der Waals surface area contributed by atoms with Crippen molar-refractivity contribution in [2.24, 2.45) is 0 Å². The number of benzene rings is 2. The monoisotopic (exact) mass is 404 g/mol. The van der Waals surface area contributed by atoms with Crippen molar-refractivity contribution in [3.8, 4) is 23.0 Å². The molecule has 4 rings (SSSR count). The summed E-state index contributed by atoms with van der Waals surface area (Å²) in [5.41, 5.74) is 0.462. The van der Waals surface area contributed by atoms with Crippen molar-refractivity contribution in [3.63, 3.8) is 0 Å². The van der Waals surface area contributed by atoms with Gasteiger partial charge in [0.05, 0.1) is 4.90 Å². The number of hydrogen-bond donors (Lipinski definition) is 1. The minimum absolute atomic E-state index is 0.00913. The Morgan fingerprint density at radius 2 is 1.79 bits per heavy atom. The third kappa shape index (κ3) is 3.29. The Hall–Kier alpha value is -3.07. The van der Waals surface area contributed by atoms with Gasteiger partial charge in [-0.25, -0.2) is 12.8 Å². The van der Waals surface area contributed by atoms with Crippen molar-refractivity contribution >= 4 is 15.7 Å². The maximum Gasteiger partial charge on any atom is 0.233 e. The number of oxazole rings is 1. The molecule has 7 nitrogen and oxygen atoms in total. The lowest BCUT2D eigenvalue weighted by molar-refractivity contribution is 0.171. The number of ether oxygens (including phenoxy) is 2. The van der Waals surface area contributed by atoms with Gasteiger partial charge in [0, 0.05) is 18.2 Å². The Bertz CT molecular complexity index is 1110. The molecule has 0 atom stereocenters. The van der Waals surface area contributed by atoms with Crippen LogP contribution in [0.15, 0.2) is 56.8 Å². The van der Waals surface area contributed by atoms with Gasteiger partial charge in [-0.3, -0.25) is 0 Å². The number of aromatic nitrogens is 1. The largest absolute Gasteiger partial charge is 0.486 e. The second kappa shape index (κ2) is 7.16. The molecule has 0 saturated heterocycles. The molecule has 1 aromatic heterocycles. The van der Waals surface area contributed by atoms with Gasteiger partial charge in [-0.05, 0) is 43.3 Å². The summed E-state index contributed by atoms with van der Waals surface area (Å²) in [6.45, 7) is 2.99. The van der Waals surface area contributed by atoms with E-state index in [4.69, 9.17) is 13.9 Å². The third-order valence-electron chi connectivity index (χ3n) is 4.10. The molecule has 1 aliphatic rings. The third-order valence-corrected chi connectivity index (χ3v) is 5.76. The summed E-state index contributed by atoms with van der Waals surface area (Å²) in [7, 11) is -4.00. The fourth-order valence-corrected chi connectivity index (χ4v) is 4.07. The van der Waals surface area contributed by atoms with Crippen molar-refractivity contribution in [2.45, 2.75) is 16.8 Å². The summed E-state index contributed by atoms with van der Waals surface area (Å²) >= 11 is 0. The van der Waals surface area contributed by atoms with E-state index >= 15 is 0 Å². The molecule has 1 N–H and O–H groups in total. The van der Waals surface area contributed by atoms with Crippen molar-refractivity contribution in [1.82, 2.24) is 4.98 Å². The Kier molecular flexibility index (Phi) is 4.68. The molecule has 0 unspecified atom stereocenters. The van der Waals surface area contributed by atoms with Gasteiger partial charge in [0.25, 0.3) is 0 Å². The molecular weight excluding hydrogens is 387 g/mol. The van der Waals surface area contributed by atoms with E-state index in [0.29, 0.717) is 36.8 Å². The van der Waals surface area contributed by atoms with Crippen LogP contribution in [0.3, 0.4) is 0 Å². The molecule has 0 aliphatic carbocycles. The maximum absolute atomic E-state index is 13.2. The highest BCUT2D eigenvalue weighted by Gasteiger charge is 2.29. The van der Waals surface area contributed by atoms with E-state index in [1.165, 1.54) is 36.4 Å². The fraction of sp³-hybridized carbons (Fsp3) is 0.211. The second-order valence-corrected chi connectivity index (χ2v) is 7.86. The van der Waals surface area contributed by atoms with Crippen molar-refractivity contribution in [2.75, 3.05) is 25.1 Å². The van der Waals surface area contributed by atoms with E-state index in [1.807, 2.05) is 0 Å². The first kappa shape index (κ1) is 18.3. The maximum atomic E-state index is 13.2. The van der Waals surface area contributed by atoms with Gasteiger partial charge in [0.2, 0.25) is 26.6 Å². The van der Waals surface area contributed by atoms with Gasteiger partial charge < -0.3 is 19.2 Å². The van der Waals surface area contributed by atoms with Crippen LogP contribution in [0.2, 0.25) is 0 Å². The predicted molar refractivity (Wildman–Crippen MR) is 98.9 cm³/mol. The highest BCUT2D eigenvalue weighted by Crippen LogP contribution is 2.37. The zero-order valence-electron chi connectivity index (χ0n) is 14.9. The molecule has 0 spiro atoms. The highest BCUT2D eigenvalue weighted by molar-refractivity contribution is 7.91. The number of fused-ring (bicyclic) bond motifs is 1. The fourth-order valence-electron chi connectivity index (χ4n) is 2.78. The standard InChI is InChI=1S/C19H17FN2O5S/c1-2-21-18-19(22-17(27-18)12-3-5-13(20)6-4-12)28(23,24)14-7-8-15-16(11-14)26-10-9-25-15/h3-8,11,21H,2,9-10H2,1H3. The van der Waals surface area contributed by atoms with Gasteiger partial charge in [-0.15, -0.1) is 0 Å². The van der Waals surface area contributed by atoms with Crippen LogP contribution in [0.25, 0.3) is 11.5 Å². The summed E-state index contributed by atoms with van der Waals surface area (Å²) in [5, 5.41) is 2.63. The SMILES string of the molecule is CCNc1oc(-c2ccc(F)cc2)nc1S(=O)(=O)c1ccc2c(c1)OCCO2. The van der Waals surface area contributed by atoms with E-state index < -0.39 is 15.7 Å². The molecule has 146 valence electrons. The van der Waals surface area contributed by atoms with Crippen LogP contribution in [-0.4, -0.2) is 33.2 Å². The molecule has 0 bridgehead atoms. The normalized spacial score (nSPS) is 13.4. The number of hydrogen-bond acceptors (Lipinski definition) is 7. The average molecular weight is 404 g/mol. The highest BCUT2D eigenvalue weighted by atomic mass is 32.2. The van der Waals surface area contributed by atoms with E-state index in [1.54, 1.807) is 13.0 Å².